The van der Waals surface area contributed by atoms with Crippen molar-refractivity contribution in [3.63, 3.8) is 0 Å². The minimum Gasteiger partial charge on any atom is -1.00 e. The van der Waals surface area contributed by atoms with E-state index in [4.69, 9.17) is 0 Å². The minimum atomic E-state index is -4.31. The van der Waals surface area contributed by atoms with Crippen molar-refractivity contribution in [1.29, 1.82) is 0 Å². The summed E-state index contributed by atoms with van der Waals surface area (Å²) in [5.41, 5.74) is -0.0397. The molecule has 1 aliphatic rings. The number of aromatic nitrogens is 1. The molecule has 0 unspecified atom stereocenters. The van der Waals surface area contributed by atoms with E-state index in [1.807, 2.05) is 0 Å². The Morgan fingerprint density at radius 1 is 1.26 bits per heavy atom. The number of nitrogens with zero attached hydrogens (tertiary/aromatic N) is 1. The Balaban J connectivity index is 0.00000162. The molecule has 1 aromatic heterocycles. The fourth-order valence-electron chi connectivity index (χ4n) is 2.09. The molecule has 2 atom stereocenters. The number of halogens is 3. The minimum absolute atomic E-state index is 0. The first-order valence-electron chi connectivity index (χ1n) is 5.72. The maximum Gasteiger partial charge on any atom is 1.00 e. The summed E-state index contributed by atoms with van der Waals surface area (Å²) in [6.45, 7) is 2.98. The molecule has 0 saturated carbocycles. The summed E-state index contributed by atoms with van der Waals surface area (Å²) in [6, 6.07) is 1.20. The molecule has 0 aromatic carbocycles. The van der Waals surface area contributed by atoms with Gasteiger partial charge in [0, 0.05) is 18.4 Å². The van der Waals surface area contributed by atoms with E-state index in [-0.39, 0.29) is 44.0 Å². The third-order valence-electron chi connectivity index (χ3n) is 3.15. The molecule has 1 saturated heterocycles. The zero-order valence-electron chi connectivity index (χ0n) is 11.2. The largest absolute Gasteiger partial charge is 1.00 e. The van der Waals surface area contributed by atoms with Crippen molar-refractivity contribution in [3.8, 4) is 0 Å². The van der Waals surface area contributed by atoms with E-state index in [1.165, 1.54) is 12.3 Å². The number of pyridine rings is 1. The van der Waals surface area contributed by atoms with Crippen molar-refractivity contribution in [2.75, 3.05) is 6.54 Å². The van der Waals surface area contributed by atoms with Crippen LogP contribution in [0.25, 0.3) is 0 Å². The predicted molar refractivity (Wildman–Crippen MR) is 64.1 cm³/mol. The average molecular weight is 278 g/mol. The third-order valence-corrected chi connectivity index (χ3v) is 3.15. The zero-order chi connectivity index (χ0) is 12.5. The van der Waals surface area contributed by atoms with Crippen LogP contribution in [0.1, 0.15) is 36.9 Å². The van der Waals surface area contributed by atoms with Gasteiger partial charge in [-0.2, -0.15) is 13.2 Å². The quantitative estimate of drug-likeness (QED) is 0.719. The number of hydrogen-bond donors (Lipinski definition) is 1. The molecule has 98 valence electrons. The summed E-state index contributed by atoms with van der Waals surface area (Å²) in [6.07, 6.45) is -0.0269. The number of nitrogens with one attached hydrogen (secondary N) is 1. The molecule has 0 bridgehead atoms. The number of alkyl halides is 3. The molecule has 2 heterocycles. The van der Waals surface area contributed by atoms with Crippen LogP contribution in [0.4, 0.5) is 13.2 Å². The molecule has 1 aliphatic heterocycles. The summed E-state index contributed by atoms with van der Waals surface area (Å²) < 4.78 is 37.6. The molecule has 2 nitrogen and oxygen atoms in total. The molecule has 19 heavy (non-hydrogen) atoms. The first-order valence-corrected chi connectivity index (χ1v) is 5.72. The van der Waals surface area contributed by atoms with Crippen molar-refractivity contribution in [2.24, 2.45) is 5.92 Å². The molecule has 2 rings (SSSR count). The van der Waals surface area contributed by atoms with Crippen LogP contribution in [0, 0.1) is 5.92 Å². The second-order valence-electron chi connectivity index (χ2n) is 4.65. The van der Waals surface area contributed by atoms with E-state index in [0.717, 1.165) is 25.6 Å². The first-order chi connectivity index (χ1) is 7.97. The molecule has 0 amide bonds. The third kappa shape index (κ3) is 5.10. The molecule has 7 heteroatoms. The fraction of sp³-hybridized carbons (Fsp3) is 0.583. The van der Waals surface area contributed by atoms with Crippen molar-refractivity contribution in [2.45, 2.75) is 32.0 Å². The van der Waals surface area contributed by atoms with E-state index >= 15 is 0 Å². The van der Waals surface area contributed by atoms with Gasteiger partial charge in [0.1, 0.15) is 0 Å². The van der Waals surface area contributed by atoms with Crippen LogP contribution in [0.2, 0.25) is 0 Å². The zero-order valence-corrected chi connectivity index (χ0v) is 13.2. The number of rotatable bonds is 1. The van der Waals surface area contributed by atoms with E-state index < -0.39 is 11.7 Å². The second kappa shape index (κ2) is 7.67. The monoisotopic (exact) mass is 278 g/mol. The van der Waals surface area contributed by atoms with Gasteiger partial charge < -0.3 is 13.7 Å². The SMILES string of the molecule is C[C@H]1CC[C@H](c2cncc(C(F)(F)F)c2)NC1.[B-].[Na+]. The molecular weight excluding hydrogens is 263 g/mol. The van der Waals surface area contributed by atoms with Gasteiger partial charge in [-0.15, -0.1) is 0 Å². The van der Waals surface area contributed by atoms with Crippen LogP contribution in [0.5, 0.6) is 0 Å². The number of hydrogen-bond acceptors (Lipinski definition) is 2. The van der Waals surface area contributed by atoms with Gasteiger partial charge in [-0.3, -0.25) is 4.98 Å². The maximum absolute atomic E-state index is 12.5. The van der Waals surface area contributed by atoms with Crippen molar-refractivity contribution >= 4 is 8.41 Å². The summed E-state index contributed by atoms with van der Waals surface area (Å²) >= 11 is 0. The average Bonchev–Trinajstić information content (AvgIpc) is 2.29. The van der Waals surface area contributed by atoms with Crippen LogP contribution in [0.15, 0.2) is 18.5 Å². The van der Waals surface area contributed by atoms with Gasteiger partial charge in [-0.05, 0) is 36.9 Å². The Kier molecular flexibility index (Phi) is 7.66. The maximum atomic E-state index is 12.5. The van der Waals surface area contributed by atoms with Gasteiger partial charge in [0.15, 0.2) is 0 Å². The normalized spacial score (nSPS) is 23.2. The van der Waals surface area contributed by atoms with Gasteiger partial charge in [-0.25, -0.2) is 0 Å². The van der Waals surface area contributed by atoms with Gasteiger partial charge in [0.05, 0.1) is 5.56 Å². The van der Waals surface area contributed by atoms with Crippen molar-refractivity contribution < 1.29 is 42.7 Å². The Labute approximate surface area is 135 Å². The Bertz CT molecular complexity index is 393. The molecule has 4 radical (unpaired) electrons. The molecule has 1 fully saturated rings. The smallest absolute Gasteiger partial charge is 1.00 e. The van der Waals surface area contributed by atoms with E-state index in [9.17, 15) is 13.2 Å². The van der Waals surface area contributed by atoms with Gasteiger partial charge >= 0.3 is 35.7 Å². The molecule has 1 aromatic rings. The molecular formula is C12H15BF3N2Na. The first kappa shape index (κ1) is 19.0. The molecule has 0 aliphatic carbocycles. The van der Waals surface area contributed by atoms with E-state index in [2.05, 4.69) is 17.2 Å². The van der Waals surface area contributed by atoms with Gasteiger partial charge in [-0.1, -0.05) is 6.92 Å². The standard InChI is InChI=1S/C12H15F3N2.B.Na/c1-8-2-3-11(17-5-8)9-4-10(7-16-6-9)12(13,14)15;;/h4,6-8,11,17H,2-3,5H2,1H3;;/q;-1;+1/t8-,11+;;/m0../s1. The summed E-state index contributed by atoms with van der Waals surface area (Å²) in [5, 5.41) is 3.26. The van der Waals surface area contributed by atoms with E-state index in [0.29, 0.717) is 11.5 Å². The van der Waals surface area contributed by atoms with E-state index in [1.54, 1.807) is 0 Å². The van der Waals surface area contributed by atoms with Crippen LogP contribution in [-0.2, 0) is 6.18 Å². The summed E-state index contributed by atoms with van der Waals surface area (Å²) in [4.78, 5) is 3.69. The summed E-state index contributed by atoms with van der Waals surface area (Å²) in [5.74, 6) is 0.588. The second-order valence-corrected chi connectivity index (χ2v) is 4.65. The van der Waals surface area contributed by atoms with Gasteiger partial charge in [0.2, 0.25) is 0 Å². The predicted octanol–water partition coefficient (Wildman–Crippen LogP) is -0.216. The van der Waals surface area contributed by atoms with Crippen LogP contribution in [-0.4, -0.2) is 19.9 Å². The topological polar surface area (TPSA) is 24.9 Å². The summed E-state index contributed by atoms with van der Waals surface area (Å²) in [7, 11) is 0. The Morgan fingerprint density at radius 2 is 1.95 bits per heavy atom. The van der Waals surface area contributed by atoms with Crippen LogP contribution >= 0.6 is 0 Å². The van der Waals surface area contributed by atoms with Crippen LogP contribution in [0.3, 0.4) is 0 Å². The number of piperidine rings is 1. The molecule has 1 N–H and O–H groups in total. The Morgan fingerprint density at radius 3 is 2.47 bits per heavy atom. The Hall–Kier alpha value is -0.0351. The fourth-order valence-corrected chi connectivity index (χ4v) is 2.09. The van der Waals surface area contributed by atoms with Gasteiger partial charge in [0.25, 0.3) is 0 Å². The van der Waals surface area contributed by atoms with Crippen LogP contribution < -0.4 is 34.9 Å². The van der Waals surface area contributed by atoms with Crippen molar-refractivity contribution in [3.05, 3.63) is 29.6 Å². The molecule has 0 spiro atoms. The van der Waals surface area contributed by atoms with Crippen molar-refractivity contribution in [1.82, 2.24) is 10.3 Å².